The van der Waals surface area contributed by atoms with Crippen LogP contribution in [-0.2, 0) is 11.8 Å². The molecule has 6 nitrogen and oxygen atoms in total. The van der Waals surface area contributed by atoms with Crippen LogP contribution in [0.2, 0.25) is 0 Å². The molecular weight excluding hydrogens is 359 g/mol. The van der Waals surface area contributed by atoms with E-state index in [2.05, 4.69) is 21.9 Å². The van der Waals surface area contributed by atoms with Gasteiger partial charge in [-0.05, 0) is 37.5 Å². The number of carbonyl (C=O) groups is 1. The summed E-state index contributed by atoms with van der Waals surface area (Å²) in [6, 6.07) is 6.45. The predicted octanol–water partition coefficient (Wildman–Crippen LogP) is 3.39. The van der Waals surface area contributed by atoms with E-state index in [0.29, 0.717) is 36.9 Å². The highest BCUT2D eigenvalue weighted by atomic mass is 19.1. The van der Waals surface area contributed by atoms with E-state index in [0.717, 1.165) is 18.4 Å². The zero-order valence-corrected chi connectivity index (χ0v) is 15.6. The number of benzene rings is 1. The van der Waals surface area contributed by atoms with Gasteiger partial charge in [0.25, 0.3) is 5.91 Å². The predicted molar refractivity (Wildman–Crippen MR) is 100 cm³/mol. The number of rotatable bonds is 4. The van der Waals surface area contributed by atoms with Crippen molar-refractivity contribution >= 4 is 5.91 Å². The molecule has 0 aliphatic carbocycles. The first-order chi connectivity index (χ1) is 13.5. The summed E-state index contributed by atoms with van der Waals surface area (Å²) < 4.78 is 19.4. The summed E-state index contributed by atoms with van der Waals surface area (Å²) in [5.41, 5.74) is 0.790. The van der Waals surface area contributed by atoms with Gasteiger partial charge in [-0.2, -0.15) is 0 Å². The lowest BCUT2D eigenvalue weighted by molar-refractivity contribution is 0.0619. The number of aromatic nitrogens is 3. The highest BCUT2D eigenvalue weighted by molar-refractivity contribution is 5.92. The summed E-state index contributed by atoms with van der Waals surface area (Å²) in [6.07, 6.45) is 8.43. The van der Waals surface area contributed by atoms with Crippen LogP contribution in [0.5, 0.6) is 0 Å². The number of amides is 1. The monoisotopic (exact) mass is 380 g/mol. The van der Waals surface area contributed by atoms with Crippen molar-refractivity contribution in [1.82, 2.24) is 19.9 Å². The van der Waals surface area contributed by atoms with E-state index in [-0.39, 0.29) is 17.1 Å². The second kappa shape index (κ2) is 7.50. The third-order valence-electron chi connectivity index (χ3n) is 5.10. The number of nitrogens with zero attached hydrogens (tertiary/aromatic N) is 4. The van der Waals surface area contributed by atoms with Crippen LogP contribution in [0.15, 0.2) is 53.5 Å². The molecule has 3 aromatic rings. The molecule has 28 heavy (non-hydrogen) atoms. The van der Waals surface area contributed by atoms with Gasteiger partial charge in [0.2, 0.25) is 5.89 Å². The summed E-state index contributed by atoms with van der Waals surface area (Å²) >= 11 is 0. The lowest BCUT2D eigenvalue weighted by atomic mass is 9.81. The molecule has 0 saturated carbocycles. The van der Waals surface area contributed by atoms with Crippen LogP contribution in [0.25, 0.3) is 0 Å². The Morgan fingerprint density at radius 1 is 1.29 bits per heavy atom. The van der Waals surface area contributed by atoms with E-state index in [1.165, 1.54) is 24.5 Å². The van der Waals surface area contributed by atoms with Gasteiger partial charge in [0, 0.05) is 31.9 Å². The summed E-state index contributed by atoms with van der Waals surface area (Å²) in [7, 11) is 0. The molecule has 2 aromatic heterocycles. The van der Waals surface area contributed by atoms with Gasteiger partial charge in [-0.1, -0.05) is 12.1 Å². The molecule has 1 unspecified atom stereocenters. The van der Waals surface area contributed by atoms with Crippen LogP contribution < -0.4 is 0 Å². The molecule has 3 heterocycles. The molecule has 1 aliphatic rings. The van der Waals surface area contributed by atoms with Crippen molar-refractivity contribution in [3.8, 4) is 0 Å². The number of halogens is 1. The van der Waals surface area contributed by atoms with Crippen molar-refractivity contribution in [2.75, 3.05) is 13.1 Å². The second-order valence-electron chi connectivity index (χ2n) is 7.42. The molecule has 7 heteroatoms. The fourth-order valence-corrected chi connectivity index (χ4v) is 3.68. The Balaban J connectivity index is 1.50. The molecule has 0 bridgehead atoms. The first kappa shape index (κ1) is 18.3. The smallest absolute Gasteiger partial charge is 0.274 e. The molecule has 1 aliphatic heterocycles. The van der Waals surface area contributed by atoms with Gasteiger partial charge in [-0.3, -0.25) is 9.78 Å². The van der Waals surface area contributed by atoms with Gasteiger partial charge < -0.3 is 9.32 Å². The third kappa shape index (κ3) is 3.78. The minimum absolute atomic E-state index is 0.134. The fourth-order valence-electron chi connectivity index (χ4n) is 3.68. The molecule has 0 N–H and O–H groups in total. The summed E-state index contributed by atoms with van der Waals surface area (Å²) in [5.74, 6) is 0.884. The van der Waals surface area contributed by atoms with Crippen molar-refractivity contribution in [2.45, 2.75) is 31.6 Å². The quantitative estimate of drug-likeness (QED) is 0.694. The second-order valence-corrected chi connectivity index (χ2v) is 7.42. The number of hydrogen-bond donors (Lipinski definition) is 0. The minimum atomic E-state index is -0.379. The molecule has 0 spiro atoms. The maximum atomic E-state index is 13.4. The Morgan fingerprint density at radius 2 is 2.18 bits per heavy atom. The average molecular weight is 380 g/mol. The first-order valence-electron chi connectivity index (χ1n) is 9.28. The van der Waals surface area contributed by atoms with Crippen LogP contribution in [0, 0.1) is 5.82 Å². The van der Waals surface area contributed by atoms with Crippen molar-refractivity contribution in [2.24, 2.45) is 0 Å². The SMILES string of the molecule is CC1(c2ncc(Cc3cccc(F)c3)o2)CCCN(C(=O)c2cnccn2)C1. The first-order valence-corrected chi connectivity index (χ1v) is 9.28. The van der Waals surface area contributed by atoms with Gasteiger partial charge in [0.15, 0.2) is 0 Å². The van der Waals surface area contributed by atoms with Gasteiger partial charge in [0.1, 0.15) is 17.3 Å². The number of likely N-dealkylation sites (tertiary alicyclic amines) is 1. The minimum Gasteiger partial charge on any atom is -0.445 e. The maximum Gasteiger partial charge on any atom is 0.274 e. The van der Waals surface area contributed by atoms with E-state index in [4.69, 9.17) is 4.42 Å². The zero-order valence-electron chi connectivity index (χ0n) is 15.6. The van der Waals surface area contributed by atoms with Gasteiger partial charge in [-0.25, -0.2) is 14.4 Å². The van der Waals surface area contributed by atoms with E-state index < -0.39 is 0 Å². The van der Waals surface area contributed by atoms with Crippen molar-refractivity contribution in [1.29, 1.82) is 0 Å². The molecule has 144 valence electrons. The van der Waals surface area contributed by atoms with Crippen molar-refractivity contribution in [3.63, 3.8) is 0 Å². The number of hydrogen-bond acceptors (Lipinski definition) is 5. The van der Waals surface area contributed by atoms with Gasteiger partial charge in [-0.15, -0.1) is 0 Å². The van der Waals surface area contributed by atoms with E-state index >= 15 is 0 Å². The summed E-state index contributed by atoms with van der Waals surface area (Å²) in [6.45, 7) is 3.23. The Bertz CT molecular complexity index is 975. The Morgan fingerprint density at radius 3 is 2.96 bits per heavy atom. The third-order valence-corrected chi connectivity index (χ3v) is 5.10. The largest absolute Gasteiger partial charge is 0.445 e. The maximum absolute atomic E-state index is 13.4. The molecule has 1 aromatic carbocycles. The number of piperidine rings is 1. The van der Waals surface area contributed by atoms with Crippen LogP contribution in [0.4, 0.5) is 4.39 Å². The molecule has 4 rings (SSSR count). The lowest BCUT2D eigenvalue weighted by Gasteiger charge is -2.38. The topological polar surface area (TPSA) is 72.1 Å². The molecule has 1 fully saturated rings. The molecule has 1 saturated heterocycles. The summed E-state index contributed by atoms with van der Waals surface area (Å²) in [5, 5.41) is 0. The van der Waals surface area contributed by atoms with Crippen LogP contribution in [0.1, 0.15) is 47.5 Å². The molecule has 1 atom stereocenters. The van der Waals surface area contributed by atoms with Crippen molar-refractivity contribution in [3.05, 3.63) is 77.8 Å². The van der Waals surface area contributed by atoms with Gasteiger partial charge in [0.05, 0.1) is 17.8 Å². The number of carbonyl (C=O) groups excluding carboxylic acids is 1. The molecule has 1 amide bonds. The fraction of sp³-hybridized carbons (Fsp3) is 0.333. The van der Waals surface area contributed by atoms with Crippen LogP contribution in [0.3, 0.4) is 0 Å². The Hall–Kier alpha value is -3.09. The van der Waals surface area contributed by atoms with E-state index in [1.807, 2.05) is 6.07 Å². The normalized spacial score (nSPS) is 19.6. The molecule has 0 radical (unpaired) electrons. The number of oxazole rings is 1. The van der Waals surface area contributed by atoms with Gasteiger partial charge >= 0.3 is 0 Å². The highest BCUT2D eigenvalue weighted by Gasteiger charge is 2.39. The van der Waals surface area contributed by atoms with Crippen LogP contribution >= 0.6 is 0 Å². The highest BCUT2D eigenvalue weighted by Crippen LogP contribution is 2.34. The Kier molecular flexibility index (Phi) is 4.90. The standard InChI is InChI=1S/C21H21FN4O2/c1-21(6-3-9-26(14-21)19(27)18-13-23-7-8-24-18)20-25-12-17(28-20)11-15-4-2-5-16(22)10-15/h2,4-5,7-8,10,12-13H,3,6,9,11,14H2,1H3. The molecular formula is C21H21FN4O2. The lowest BCUT2D eigenvalue weighted by Crippen LogP contribution is -2.47. The van der Waals surface area contributed by atoms with E-state index in [9.17, 15) is 9.18 Å². The average Bonchev–Trinajstić information content (AvgIpc) is 3.18. The van der Waals surface area contributed by atoms with E-state index in [1.54, 1.807) is 23.4 Å². The van der Waals surface area contributed by atoms with Crippen LogP contribution in [-0.4, -0.2) is 38.8 Å². The zero-order chi connectivity index (χ0) is 19.6. The summed E-state index contributed by atoms with van der Waals surface area (Å²) in [4.78, 5) is 27.1. The van der Waals surface area contributed by atoms with Crippen molar-refractivity contribution < 1.29 is 13.6 Å². The Labute approximate surface area is 162 Å².